The van der Waals surface area contributed by atoms with Gasteiger partial charge in [0.15, 0.2) is 17.5 Å². The van der Waals surface area contributed by atoms with Gasteiger partial charge in [0, 0.05) is 43.1 Å². The van der Waals surface area contributed by atoms with Gasteiger partial charge in [-0.15, -0.1) is 11.3 Å². The van der Waals surface area contributed by atoms with Crippen LogP contribution in [0.5, 0.6) is 0 Å². The minimum absolute atomic E-state index is 0.561. The van der Waals surface area contributed by atoms with Crippen molar-refractivity contribution in [1.82, 2.24) is 29.5 Å². The van der Waals surface area contributed by atoms with Gasteiger partial charge in [0.2, 0.25) is 5.95 Å². The summed E-state index contributed by atoms with van der Waals surface area (Å²) in [4.78, 5) is 25.7. The van der Waals surface area contributed by atoms with Gasteiger partial charge in [0.05, 0.1) is 26.9 Å². The molecule has 0 unspecified atom stereocenters. The molecule has 4 aromatic heterocycles. The number of aromatic nitrogens is 6. The van der Waals surface area contributed by atoms with Crippen LogP contribution in [0.3, 0.4) is 0 Å². The van der Waals surface area contributed by atoms with Crippen molar-refractivity contribution < 1.29 is 0 Å². The van der Waals surface area contributed by atoms with Gasteiger partial charge in [0.1, 0.15) is 0 Å². The molecule has 0 N–H and O–H groups in total. The Hall–Kier alpha value is -6.57. The highest BCUT2D eigenvalue weighted by Crippen LogP contribution is 2.40. The number of hydrogen-bond acceptors (Lipinski definition) is 6. The average molecular weight is 659 g/mol. The highest BCUT2D eigenvalue weighted by atomic mass is 32.1. The molecule has 0 amide bonds. The van der Waals surface area contributed by atoms with E-state index in [1.807, 2.05) is 48.5 Å². The number of nitrogens with zero attached hydrogens (tertiary/aromatic N) is 6. The number of para-hydroxylation sites is 2. The molecule has 7 heteroatoms. The number of thiophene rings is 1. The minimum atomic E-state index is 0.561. The minimum Gasteiger partial charge on any atom is -0.278 e. The van der Waals surface area contributed by atoms with Crippen molar-refractivity contribution in [3.63, 3.8) is 0 Å². The summed E-state index contributed by atoms with van der Waals surface area (Å²) in [5.41, 5.74) is 7.68. The maximum atomic E-state index is 5.21. The van der Waals surface area contributed by atoms with Crippen molar-refractivity contribution in [2.45, 2.75) is 0 Å². The molecule has 0 bridgehead atoms. The van der Waals surface area contributed by atoms with E-state index in [1.54, 1.807) is 11.3 Å². The zero-order chi connectivity index (χ0) is 33.0. The lowest BCUT2D eigenvalue weighted by Gasteiger charge is -2.12. The van der Waals surface area contributed by atoms with Crippen LogP contribution in [0.1, 0.15) is 0 Å². The first-order valence-corrected chi connectivity index (χ1v) is 17.3. The Morgan fingerprint density at radius 1 is 0.400 bits per heavy atom. The molecule has 0 fully saturated rings. The normalized spacial score (nSPS) is 11.6. The van der Waals surface area contributed by atoms with Crippen LogP contribution in [0.4, 0.5) is 0 Å². The monoisotopic (exact) mass is 658 g/mol. The first-order valence-electron chi connectivity index (χ1n) is 16.4. The van der Waals surface area contributed by atoms with Crippen LogP contribution in [0.2, 0.25) is 0 Å². The summed E-state index contributed by atoms with van der Waals surface area (Å²) in [6.07, 6.45) is 0. The van der Waals surface area contributed by atoms with Gasteiger partial charge in [-0.25, -0.2) is 15.0 Å². The van der Waals surface area contributed by atoms with Crippen molar-refractivity contribution >= 4 is 53.4 Å². The Morgan fingerprint density at radius 2 is 0.920 bits per heavy atom. The standard InChI is InChI=1S/C43H26N6S/c1-3-14-27(15-4-1)37-39-38(33-22-9-12-25-36(33)50-39)45-41(44-37)29-18-13-19-30(26-29)42-46-40(28-16-5-2-6-17-28)47-43(48-42)49-34-23-10-7-20-31(34)32-21-8-11-24-35(32)49/h1-26H. The highest BCUT2D eigenvalue weighted by Gasteiger charge is 2.19. The molecular weight excluding hydrogens is 633 g/mol. The summed E-state index contributed by atoms with van der Waals surface area (Å²) in [6.45, 7) is 0. The van der Waals surface area contributed by atoms with Gasteiger partial charge in [-0.05, 0) is 24.3 Å². The number of fused-ring (bicyclic) bond motifs is 6. The Kier molecular flexibility index (Phi) is 6.57. The van der Waals surface area contributed by atoms with Crippen molar-refractivity contribution in [3.8, 4) is 51.4 Å². The van der Waals surface area contributed by atoms with Crippen molar-refractivity contribution in [2.24, 2.45) is 0 Å². The maximum absolute atomic E-state index is 5.21. The van der Waals surface area contributed by atoms with Gasteiger partial charge in [0.25, 0.3) is 0 Å². The molecule has 0 spiro atoms. The van der Waals surface area contributed by atoms with E-state index in [-0.39, 0.29) is 0 Å². The van der Waals surface area contributed by atoms with E-state index in [4.69, 9.17) is 24.9 Å². The Balaban J connectivity index is 1.19. The summed E-state index contributed by atoms with van der Waals surface area (Å²) < 4.78 is 4.41. The molecule has 0 saturated carbocycles. The van der Waals surface area contributed by atoms with Crippen molar-refractivity contribution in [2.75, 3.05) is 0 Å². The third-order valence-corrected chi connectivity index (χ3v) is 10.2. The van der Waals surface area contributed by atoms with Crippen LogP contribution >= 0.6 is 11.3 Å². The van der Waals surface area contributed by atoms with Gasteiger partial charge in [-0.2, -0.15) is 9.97 Å². The molecular formula is C43H26N6S. The second-order valence-corrected chi connectivity index (χ2v) is 13.2. The Labute approximate surface area is 291 Å². The molecule has 6 nitrogen and oxygen atoms in total. The zero-order valence-corrected chi connectivity index (χ0v) is 27.4. The molecule has 0 aliphatic carbocycles. The van der Waals surface area contributed by atoms with Crippen LogP contribution in [0.15, 0.2) is 158 Å². The Bertz CT molecular complexity index is 2820. The van der Waals surface area contributed by atoms with Crippen LogP contribution in [-0.2, 0) is 0 Å². The molecule has 0 radical (unpaired) electrons. The van der Waals surface area contributed by atoms with Crippen molar-refractivity contribution in [1.29, 1.82) is 0 Å². The van der Waals surface area contributed by atoms with Crippen LogP contribution in [-0.4, -0.2) is 29.5 Å². The van der Waals surface area contributed by atoms with Crippen molar-refractivity contribution in [3.05, 3.63) is 158 Å². The third-order valence-electron chi connectivity index (χ3n) is 9.08. The van der Waals surface area contributed by atoms with Crippen LogP contribution < -0.4 is 0 Å². The van der Waals surface area contributed by atoms with Gasteiger partial charge < -0.3 is 0 Å². The molecule has 0 aliphatic rings. The van der Waals surface area contributed by atoms with Gasteiger partial charge in [-0.3, -0.25) is 4.57 Å². The second-order valence-electron chi connectivity index (χ2n) is 12.1. The quantitative estimate of drug-likeness (QED) is 0.184. The lowest BCUT2D eigenvalue weighted by molar-refractivity contribution is 0.953. The summed E-state index contributed by atoms with van der Waals surface area (Å²) in [7, 11) is 0. The second kappa shape index (κ2) is 11.5. The van der Waals surface area contributed by atoms with Gasteiger partial charge >= 0.3 is 0 Å². The molecule has 10 aromatic rings. The van der Waals surface area contributed by atoms with E-state index in [2.05, 4.69) is 114 Å². The number of benzene rings is 6. The SMILES string of the molecule is c1ccc(-c2nc(-c3cccc(-c4nc(-c5ccccc5)c5sc6ccccc6c5n4)c3)nc(-n3c4ccccc4c4ccccc43)n2)cc1. The molecule has 0 aliphatic heterocycles. The lowest BCUT2D eigenvalue weighted by atomic mass is 10.1. The highest BCUT2D eigenvalue weighted by molar-refractivity contribution is 7.26. The zero-order valence-electron chi connectivity index (χ0n) is 26.6. The third kappa shape index (κ3) is 4.67. The number of rotatable bonds is 5. The molecule has 10 rings (SSSR count). The van der Waals surface area contributed by atoms with E-state index < -0.39 is 0 Å². The predicted octanol–water partition coefficient (Wildman–Crippen LogP) is 10.8. The summed E-state index contributed by atoms with van der Waals surface area (Å²) in [5, 5.41) is 3.43. The van der Waals surface area contributed by atoms with Crippen LogP contribution in [0, 0.1) is 0 Å². The lowest BCUT2D eigenvalue weighted by Crippen LogP contribution is -2.06. The molecule has 50 heavy (non-hydrogen) atoms. The van der Waals surface area contributed by atoms with E-state index in [1.165, 1.54) is 4.70 Å². The number of hydrogen-bond donors (Lipinski definition) is 0. The fraction of sp³-hybridized carbons (Fsp3) is 0. The van der Waals surface area contributed by atoms with Gasteiger partial charge in [-0.1, -0.05) is 133 Å². The van der Waals surface area contributed by atoms with E-state index in [0.29, 0.717) is 23.4 Å². The first-order chi connectivity index (χ1) is 24.8. The summed E-state index contributed by atoms with van der Waals surface area (Å²) in [6, 6.07) is 53.9. The van der Waals surface area contributed by atoms with E-state index in [9.17, 15) is 0 Å². The molecule has 6 aromatic carbocycles. The fourth-order valence-electron chi connectivity index (χ4n) is 6.76. The van der Waals surface area contributed by atoms with E-state index >= 15 is 0 Å². The Morgan fingerprint density at radius 3 is 1.60 bits per heavy atom. The molecule has 234 valence electrons. The molecule has 0 atom stereocenters. The molecule has 0 saturated heterocycles. The summed E-state index contributed by atoms with van der Waals surface area (Å²) >= 11 is 1.73. The van der Waals surface area contributed by atoms with E-state index in [0.717, 1.165) is 65.4 Å². The largest absolute Gasteiger partial charge is 0.278 e. The average Bonchev–Trinajstić information content (AvgIpc) is 3.74. The summed E-state index contributed by atoms with van der Waals surface area (Å²) in [5.74, 6) is 2.39. The maximum Gasteiger partial charge on any atom is 0.238 e. The molecule has 4 heterocycles. The van der Waals surface area contributed by atoms with Crippen LogP contribution in [0.25, 0.3) is 93.5 Å². The smallest absolute Gasteiger partial charge is 0.238 e. The fourth-order valence-corrected chi connectivity index (χ4v) is 7.91. The predicted molar refractivity (Wildman–Crippen MR) is 204 cm³/mol. The first kappa shape index (κ1) is 28.4. The topological polar surface area (TPSA) is 69.4 Å².